The van der Waals surface area contributed by atoms with Crippen LogP contribution in [0.15, 0.2) is 30.5 Å². The van der Waals surface area contributed by atoms with Crippen LogP contribution in [0.1, 0.15) is 18.9 Å². The number of fused-ring (bicyclic) bond motifs is 1. The van der Waals surface area contributed by atoms with E-state index in [1.54, 1.807) is 24.4 Å². The Kier molecular flexibility index (Phi) is 10.3. The van der Waals surface area contributed by atoms with Gasteiger partial charge in [0.2, 0.25) is 17.7 Å². The maximum absolute atomic E-state index is 12.9. The molecule has 0 aliphatic heterocycles. The second-order valence-corrected chi connectivity index (χ2v) is 8.50. The van der Waals surface area contributed by atoms with Crippen molar-refractivity contribution in [1.82, 2.24) is 20.9 Å². The van der Waals surface area contributed by atoms with E-state index < -0.39 is 66.4 Å². The number of hydrogen-bond acceptors (Lipinski definition) is 8. The van der Waals surface area contributed by atoms with Crippen LogP contribution in [-0.4, -0.2) is 86.0 Å². The summed E-state index contributed by atoms with van der Waals surface area (Å²) in [4.78, 5) is 63.6. The average Bonchev–Trinajstić information content (AvgIpc) is 3.22. The van der Waals surface area contributed by atoms with Gasteiger partial charge in [0.05, 0.1) is 18.6 Å². The van der Waals surface area contributed by atoms with E-state index >= 15 is 0 Å². The van der Waals surface area contributed by atoms with E-state index in [9.17, 15) is 34.2 Å². The molecule has 0 saturated heterocycles. The number of rotatable bonds is 13. The van der Waals surface area contributed by atoms with Crippen LogP contribution in [0.2, 0.25) is 0 Å². The van der Waals surface area contributed by atoms with Crippen molar-refractivity contribution < 1.29 is 39.3 Å². The smallest absolute Gasteiger partial charge is 0.326 e. The number of aliphatic hydroxyl groups excluding tert-OH is 1. The number of carboxylic acid groups (broad SMARTS) is 2. The van der Waals surface area contributed by atoms with E-state index in [1.165, 1.54) is 6.92 Å². The molecule has 0 aliphatic rings. The third-order valence-corrected chi connectivity index (χ3v) is 5.71. The molecule has 14 heteroatoms. The van der Waals surface area contributed by atoms with Crippen LogP contribution in [0, 0.1) is 0 Å². The first kappa shape index (κ1) is 28.6. The molecule has 2 rings (SSSR count). The van der Waals surface area contributed by atoms with Crippen molar-refractivity contribution in [3.63, 3.8) is 0 Å². The number of H-pyrrole nitrogens is 1. The molecule has 2 aromatic rings. The summed E-state index contributed by atoms with van der Waals surface area (Å²) < 4.78 is 0. The number of thiol groups is 1. The second kappa shape index (κ2) is 12.9. The number of para-hydroxylation sites is 1. The first-order valence-corrected chi connectivity index (χ1v) is 11.5. The zero-order valence-electron chi connectivity index (χ0n) is 19.3. The molecule has 0 saturated carbocycles. The number of carboxylic acids is 2. The highest BCUT2D eigenvalue weighted by molar-refractivity contribution is 7.80. The third kappa shape index (κ3) is 7.69. The zero-order valence-corrected chi connectivity index (χ0v) is 20.2. The van der Waals surface area contributed by atoms with Gasteiger partial charge in [-0.05, 0) is 18.6 Å². The van der Waals surface area contributed by atoms with Gasteiger partial charge in [0.25, 0.3) is 0 Å². The van der Waals surface area contributed by atoms with Gasteiger partial charge in [-0.3, -0.25) is 19.2 Å². The highest BCUT2D eigenvalue weighted by Gasteiger charge is 2.33. The van der Waals surface area contributed by atoms with Crippen molar-refractivity contribution in [2.24, 2.45) is 5.73 Å². The number of carbonyl (C=O) groups excluding carboxylic acids is 3. The van der Waals surface area contributed by atoms with Gasteiger partial charge in [-0.25, -0.2) is 4.79 Å². The fourth-order valence-corrected chi connectivity index (χ4v) is 3.55. The highest BCUT2D eigenvalue weighted by Crippen LogP contribution is 2.19. The van der Waals surface area contributed by atoms with Gasteiger partial charge in [0.15, 0.2) is 0 Å². The lowest BCUT2D eigenvalue weighted by molar-refractivity contribution is -0.144. The Bertz CT molecular complexity index is 1120. The summed E-state index contributed by atoms with van der Waals surface area (Å²) >= 11 is 3.87. The molecule has 1 aromatic heterocycles. The molecule has 0 bridgehead atoms. The number of nitrogens with two attached hydrogens (primary N) is 1. The van der Waals surface area contributed by atoms with E-state index in [-0.39, 0.29) is 12.2 Å². The van der Waals surface area contributed by atoms with Gasteiger partial charge in [-0.2, -0.15) is 12.6 Å². The van der Waals surface area contributed by atoms with Crippen molar-refractivity contribution >= 4 is 53.2 Å². The number of aliphatic hydroxyl groups is 1. The summed E-state index contributed by atoms with van der Waals surface area (Å²) in [5, 5.41) is 36.3. The van der Waals surface area contributed by atoms with Crippen LogP contribution in [-0.2, 0) is 30.4 Å². The molecular weight excluding hydrogens is 494 g/mol. The first-order valence-electron chi connectivity index (χ1n) is 10.9. The predicted molar refractivity (Wildman–Crippen MR) is 131 cm³/mol. The third-order valence-electron chi connectivity index (χ3n) is 5.32. The lowest BCUT2D eigenvalue weighted by Crippen LogP contribution is -2.60. The summed E-state index contributed by atoms with van der Waals surface area (Å²) in [6, 6.07) is 1.40. The zero-order chi connectivity index (χ0) is 27.0. The summed E-state index contributed by atoms with van der Waals surface area (Å²) in [6.45, 7) is 1.18. The molecule has 0 spiro atoms. The largest absolute Gasteiger partial charge is 0.481 e. The molecule has 0 aliphatic carbocycles. The number of aromatic nitrogens is 1. The molecule has 3 amide bonds. The fourth-order valence-electron chi connectivity index (χ4n) is 3.39. The molecule has 5 unspecified atom stereocenters. The van der Waals surface area contributed by atoms with Crippen LogP contribution < -0.4 is 21.7 Å². The number of hydrogen-bond donors (Lipinski definition) is 9. The summed E-state index contributed by atoms with van der Waals surface area (Å²) in [5.41, 5.74) is 6.94. The Morgan fingerprint density at radius 1 is 1.00 bits per heavy atom. The van der Waals surface area contributed by atoms with Gasteiger partial charge in [0.1, 0.15) is 18.1 Å². The first-order chi connectivity index (χ1) is 16.9. The number of benzene rings is 1. The van der Waals surface area contributed by atoms with Crippen LogP contribution in [0.5, 0.6) is 0 Å². The maximum Gasteiger partial charge on any atom is 0.326 e. The molecule has 0 radical (unpaired) electrons. The molecule has 0 fully saturated rings. The van der Waals surface area contributed by atoms with Gasteiger partial charge in [0, 0.05) is 29.3 Å². The van der Waals surface area contributed by atoms with Crippen molar-refractivity contribution in [3.05, 3.63) is 36.0 Å². The molecule has 13 nitrogen and oxygen atoms in total. The van der Waals surface area contributed by atoms with Gasteiger partial charge < -0.3 is 42.0 Å². The average molecular weight is 524 g/mol. The SMILES string of the molecule is CC(O)C(NC(=O)C(CC(=O)O)NC(=O)C(N)CS)C(=O)NC(Cc1c[nH]c2ccccc12)C(=O)O. The van der Waals surface area contributed by atoms with E-state index in [1.807, 2.05) is 6.07 Å². The van der Waals surface area contributed by atoms with E-state index in [2.05, 4.69) is 33.6 Å². The molecular formula is C22H29N5O8S. The molecule has 5 atom stereocenters. The topological polar surface area (TPSA) is 224 Å². The van der Waals surface area contributed by atoms with E-state index in [4.69, 9.17) is 10.8 Å². The Morgan fingerprint density at radius 2 is 1.64 bits per heavy atom. The molecule has 1 heterocycles. The van der Waals surface area contributed by atoms with Gasteiger partial charge in [-0.15, -0.1) is 0 Å². The quantitative estimate of drug-likeness (QED) is 0.137. The Morgan fingerprint density at radius 3 is 2.22 bits per heavy atom. The van der Waals surface area contributed by atoms with Crippen LogP contribution in [0.3, 0.4) is 0 Å². The van der Waals surface area contributed by atoms with E-state index in [0.717, 1.165) is 10.9 Å². The second-order valence-electron chi connectivity index (χ2n) is 8.14. The van der Waals surface area contributed by atoms with Crippen molar-refractivity contribution in [2.75, 3.05) is 5.75 Å². The monoisotopic (exact) mass is 523 g/mol. The minimum Gasteiger partial charge on any atom is -0.481 e. The number of amides is 3. The minimum atomic E-state index is -1.64. The fraction of sp³-hybridized carbons (Fsp3) is 0.409. The number of aromatic amines is 1. The number of carbonyl (C=O) groups is 5. The summed E-state index contributed by atoms with van der Waals surface area (Å²) in [5.74, 6) is -5.77. The normalized spacial score (nSPS) is 15.2. The Hall–Kier alpha value is -3.62. The maximum atomic E-state index is 12.9. The molecule has 1 aromatic carbocycles. The standard InChI is InChI=1S/C22H29N5O8S/c1-10(28)18(27-20(32)15(7-17(29)30)25-19(31)13(23)9-36)21(33)26-16(22(34)35)6-11-8-24-14-5-3-2-4-12(11)14/h2-5,8,10,13,15-16,18,24,28,36H,6-7,9,23H2,1H3,(H,25,31)(H,26,33)(H,27,32)(H,29,30)(H,34,35). The highest BCUT2D eigenvalue weighted by atomic mass is 32.1. The Labute approximate surface area is 211 Å². The predicted octanol–water partition coefficient (Wildman–Crippen LogP) is -1.64. The van der Waals surface area contributed by atoms with Crippen molar-refractivity contribution in [2.45, 2.75) is 50.0 Å². The van der Waals surface area contributed by atoms with Crippen molar-refractivity contribution in [1.29, 1.82) is 0 Å². The van der Waals surface area contributed by atoms with Gasteiger partial charge in [-0.1, -0.05) is 18.2 Å². The summed E-state index contributed by atoms with van der Waals surface area (Å²) in [6.07, 6.45) is -0.791. The lowest BCUT2D eigenvalue weighted by atomic mass is 10.0. The van der Waals surface area contributed by atoms with Crippen LogP contribution in [0.25, 0.3) is 10.9 Å². The number of nitrogens with one attached hydrogen (secondary N) is 4. The van der Waals surface area contributed by atoms with Crippen LogP contribution in [0.4, 0.5) is 0 Å². The van der Waals surface area contributed by atoms with E-state index in [0.29, 0.717) is 5.56 Å². The minimum absolute atomic E-state index is 0.0705. The molecule has 196 valence electrons. The van der Waals surface area contributed by atoms with Gasteiger partial charge >= 0.3 is 11.9 Å². The van der Waals surface area contributed by atoms with Crippen molar-refractivity contribution in [3.8, 4) is 0 Å². The Balaban J connectivity index is 2.16. The number of aliphatic carboxylic acids is 2. The lowest BCUT2D eigenvalue weighted by Gasteiger charge is -2.26. The summed E-state index contributed by atoms with van der Waals surface area (Å²) in [7, 11) is 0. The molecule has 9 N–H and O–H groups in total. The molecule has 36 heavy (non-hydrogen) atoms. The van der Waals surface area contributed by atoms with Crippen LogP contribution >= 0.6 is 12.6 Å².